The van der Waals surface area contributed by atoms with Crippen molar-refractivity contribution in [3.63, 3.8) is 0 Å². The van der Waals surface area contributed by atoms with Crippen LogP contribution in [0.5, 0.6) is 0 Å². The van der Waals surface area contributed by atoms with E-state index in [1.54, 1.807) is 0 Å². The highest BCUT2D eigenvalue weighted by Crippen LogP contribution is 2.22. The quantitative estimate of drug-likeness (QED) is 0.262. The van der Waals surface area contributed by atoms with Gasteiger partial charge in [0, 0.05) is 6.61 Å². The van der Waals surface area contributed by atoms with Gasteiger partial charge in [0.25, 0.3) is 0 Å². The lowest BCUT2D eigenvalue weighted by atomic mass is 10.1. The van der Waals surface area contributed by atoms with Gasteiger partial charge in [-0.25, -0.2) is 0 Å². The molecule has 0 bridgehead atoms. The summed E-state index contributed by atoms with van der Waals surface area (Å²) in [5.41, 5.74) is 0. The van der Waals surface area contributed by atoms with E-state index in [9.17, 15) is 0 Å². The number of hydrogen-bond donors (Lipinski definition) is 0. The molecule has 2 nitrogen and oxygen atoms in total. The molecule has 0 N–H and O–H groups in total. The minimum absolute atomic E-state index is 0.380. The van der Waals surface area contributed by atoms with Crippen LogP contribution in [0.2, 0.25) is 0 Å². The molecule has 0 aromatic heterocycles. The fraction of sp³-hybridized carbons (Fsp3) is 1.00. The van der Waals surface area contributed by atoms with Crippen LogP contribution in [0.15, 0.2) is 0 Å². The van der Waals surface area contributed by atoms with Gasteiger partial charge in [-0.1, -0.05) is 84.5 Å². The van der Waals surface area contributed by atoms with Crippen molar-refractivity contribution in [2.24, 2.45) is 0 Å². The fourth-order valence-corrected chi connectivity index (χ4v) is 2.89. The molecule has 21 heavy (non-hydrogen) atoms. The normalized spacial score (nSPS) is 18.9. The smallest absolute Gasteiger partial charge is 0.107 e. The van der Waals surface area contributed by atoms with Crippen molar-refractivity contribution in [2.75, 3.05) is 13.2 Å². The summed E-state index contributed by atoms with van der Waals surface area (Å²) in [6, 6.07) is 0. The molecule has 0 aromatic carbocycles. The minimum Gasteiger partial charge on any atom is -0.375 e. The predicted octanol–water partition coefficient (Wildman–Crippen LogP) is 5.88. The summed E-state index contributed by atoms with van der Waals surface area (Å²) in [5, 5.41) is 0. The lowest BCUT2D eigenvalue weighted by Crippen LogP contribution is -2.20. The average Bonchev–Trinajstić information content (AvgIpc) is 3.32. The number of rotatable bonds is 16. The van der Waals surface area contributed by atoms with Gasteiger partial charge in [0.15, 0.2) is 0 Å². The third-order valence-corrected chi connectivity index (χ3v) is 4.45. The van der Waals surface area contributed by atoms with E-state index >= 15 is 0 Å². The van der Waals surface area contributed by atoms with Crippen molar-refractivity contribution in [3.8, 4) is 0 Å². The van der Waals surface area contributed by atoms with Gasteiger partial charge in [-0.15, -0.1) is 0 Å². The summed E-state index contributed by atoms with van der Waals surface area (Å²) in [6.07, 6.45) is 18.3. The molecule has 0 spiro atoms. The van der Waals surface area contributed by atoms with Crippen LogP contribution in [0.3, 0.4) is 0 Å². The summed E-state index contributed by atoms with van der Waals surface area (Å²) < 4.78 is 11.5. The molecule has 126 valence electrons. The second-order valence-corrected chi connectivity index (χ2v) is 6.61. The van der Waals surface area contributed by atoms with Crippen LogP contribution in [-0.2, 0) is 9.47 Å². The van der Waals surface area contributed by atoms with Gasteiger partial charge in [0.2, 0.25) is 0 Å². The number of ether oxygens (including phenoxy) is 2. The standard InChI is InChI=1S/C19H38O2/c1-3-5-7-8-9-10-11-12-14-16-20-18(19-17-21-19)15-13-6-4-2/h18-19H,3-17H2,1-2H3. The SMILES string of the molecule is CCCCCCCCCCCOC(CCCCC)C1CO1. The maximum absolute atomic E-state index is 6.05. The lowest BCUT2D eigenvalue weighted by molar-refractivity contribution is 0.0241. The number of unbranched alkanes of at least 4 members (excludes halogenated alkanes) is 10. The van der Waals surface area contributed by atoms with E-state index in [2.05, 4.69) is 13.8 Å². The van der Waals surface area contributed by atoms with Crippen molar-refractivity contribution in [1.82, 2.24) is 0 Å². The Hall–Kier alpha value is -0.0800. The molecule has 1 fully saturated rings. The Bertz CT molecular complexity index is 214. The van der Waals surface area contributed by atoms with Crippen molar-refractivity contribution >= 4 is 0 Å². The van der Waals surface area contributed by atoms with Crippen LogP contribution >= 0.6 is 0 Å². The Morgan fingerprint density at radius 2 is 1.33 bits per heavy atom. The van der Waals surface area contributed by atoms with Crippen LogP contribution in [-0.4, -0.2) is 25.4 Å². The minimum atomic E-state index is 0.380. The molecule has 0 saturated carbocycles. The van der Waals surface area contributed by atoms with Crippen molar-refractivity contribution in [1.29, 1.82) is 0 Å². The van der Waals surface area contributed by atoms with E-state index in [0.29, 0.717) is 12.2 Å². The molecule has 1 saturated heterocycles. The zero-order valence-electron chi connectivity index (χ0n) is 14.6. The summed E-state index contributed by atoms with van der Waals surface area (Å²) in [5.74, 6) is 0. The second-order valence-electron chi connectivity index (χ2n) is 6.61. The monoisotopic (exact) mass is 298 g/mol. The first-order chi connectivity index (χ1) is 10.4. The Balaban J connectivity index is 1.85. The molecule has 0 aliphatic carbocycles. The second kappa shape index (κ2) is 13.6. The maximum Gasteiger partial charge on any atom is 0.107 e. The first-order valence-corrected chi connectivity index (χ1v) is 9.61. The van der Waals surface area contributed by atoms with E-state index in [4.69, 9.17) is 9.47 Å². The molecule has 0 radical (unpaired) electrons. The van der Waals surface area contributed by atoms with Gasteiger partial charge in [0.05, 0.1) is 12.7 Å². The van der Waals surface area contributed by atoms with Gasteiger partial charge >= 0.3 is 0 Å². The molecule has 1 rings (SSSR count). The van der Waals surface area contributed by atoms with E-state index in [-0.39, 0.29) is 0 Å². The zero-order valence-corrected chi connectivity index (χ0v) is 14.6. The van der Waals surface area contributed by atoms with Gasteiger partial charge in [-0.3, -0.25) is 0 Å². The summed E-state index contributed by atoms with van der Waals surface area (Å²) >= 11 is 0. The molecule has 1 aliphatic heterocycles. The fourth-order valence-electron chi connectivity index (χ4n) is 2.89. The number of hydrogen-bond acceptors (Lipinski definition) is 2. The Morgan fingerprint density at radius 1 is 0.810 bits per heavy atom. The maximum atomic E-state index is 6.05. The molecule has 2 unspecified atom stereocenters. The first-order valence-electron chi connectivity index (χ1n) is 9.61. The Morgan fingerprint density at radius 3 is 1.90 bits per heavy atom. The number of epoxide rings is 1. The molecule has 1 heterocycles. The molecule has 0 aromatic rings. The van der Waals surface area contributed by atoms with E-state index in [0.717, 1.165) is 13.2 Å². The summed E-state index contributed by atoms with van der Waals surface area (Å²) in [6.45, 7) is 6.40. The largest absolute Gasteiger partial charge is 0.375 e. The van der Waals surface area contributed by atoms with E-state index < -0.39 is 0 Å². The Kier molecular flexibility index (Phi) is 12.3. The summed E-state index contributed by atoms with van der Waals surface area (Å²) in [7, 11) is 0. The molecule has 0 amide bonds. The van der Waals surface area contributed by atoms with Gasteiger partial charge in [0.1, 0.15) is 6.10 Å². The van der Waals surface area contributed by atoms with E-state index in [1.165, 1.54) is 83.5 Å². The van der Waals surface area contributed by atoms with Crippen LogP contribution in [0.1, 0.15) is 97.3 Å². The van der Waals surface area contributed by atoms with Crippen molar-refractivity contribution in [2.45, 2.75) is 110 Å². The zero-order chi connectivity index (χ0) is 15.2. The highest BCUT2D eigenvalue weighted by Gasteiger charge is 2.32. The highest BCUT2D eigenvalue weighted by atomic mass is 16.6. The van der Waals surface area contributed by atoms with E-state index in [1.807, 2.05) is 0 Å². The highest BCUT2D eigenvalue weighted by molar-refractivity contribution is 4.80. The third-order valence-electron chi connectivity index (χ3n) is 4.45. The molecule has 1 aliphatic rings. The van der Waals surface area contributed by atoms with Gasteiger partial charge < -0.3 is 9.47 Å². The topological polar surface area (TPSA) is 21.8 Å². The predicted molar refractivity (Wildman–Crippen MR) is 90.8 cm³/mol. The first kappa shape index (κ1) is 19.0. The van der Waals surface area contributed by atoms with Crippen molar-refractivity contribution < 1.29 is 9.47 Å². The Labute approximate surface area is 133 Å². The third kappa shape index (κ3) is 11.2. The molecule has 2 atom stereocenters. The summed E-state index contributed by atoms with van der Waals surface area (Å²) in [4.78, 5) is 0. The van der Waals surface area contributed by atoms with Crippen LogP contribution in [0, 0.1) is 0 Å². The molecular weight excluding hydrogens is 260 g/mol. The van der Waals surface area contributed by atoms with Crippen LogP contribution in [0.25, 0.3) is 0 Å². The average molecular weight is 299 g/mol. The molecule has 2 heteroatoms. The van der Waals surface area contributed by atoms with Crippen LogP contribution < -0.4 is 0 Å². The molecular formula is C19H38O2. The van der Waals surface area contributed by atoms with Crippen molar-refractivity contribution in [3.05, 3.63) is 0 Å². The van der Waals surface area contributed by atoms with Gasteiger partial charge in [-0.05, 0) is 12.8 Å². The van der Waals surface area contributed by atoms with Gasteiger partial charge in [-0.2, -0.15) is 0 Å². The van der Waals surface area contributed by atoms with Crippen LogP contribution in [0.4, 0.5) is 0 Å². The lowest BCUT2D eigenvalue weighted by Gasteiger charge is -2.15.